The van der Waals surface area contributed by atoms with Gasteiger partial charge in [0, 0.05) is 62.5 Å². The van der Waals surface area contributed by atoms with E-state index in [9.17, 15) is 12.8 Å². The van der Waals surface area contributed by atoms with Crippen molar-refractivity contribution < 1.29 is 12.8 Å². The maximum absolute atomic E-state index is 14.6. The molecule has 3 aromatic heterocycles. The van der Waals surface area contributed by atoms with Crippen LogP contribution in [-0.4, -0.2) is 69.3 Å². The Hall–Kier alpha value is -3.22. The summed E-state index contributed by atoms with van der Waals surface area (Å²) in [5.41, 5.74) is 2.59. The number of rotatable bonds is 6. The van der Waals surface area contributed by atoms with E-state index in [2.05, 4.69) is 15.2 Å². The van der Waals surface area contributed by atoms with Crippen molar-refractivity contribution in [3.8, 4) is 0 Å². The van der Waals surface area contributed by atoms with Crippen LogP contribution in [0.15, 0.2) is 36.8 Å². The van der Waals surface area contributed by atoms with Crippen molar-refractivity contribution in [1.29, 1.82) is 0 Å². The van der Waals surface area contributed by atoms with Gasteiger partial charge in [-0.2, -0.15) is 13.9 Å². The van der Waals surface area contributed by atoms with Crippen molar-refractivity contribution in [2.75, 3.05) is 42.7 Å². The highest BCUT2D eigenvalue weighted by Crippen LogP contribution is 2.29. The van der Waals surface area contributed by atoms with E-state index in [0.717, 1.165) is 17.1 Å². The Bertz CT molecular complexity index is 1540. The first kappa shape index (κ1) is 24.5. The van der Waals surface area contributed by atoms with Gasteiger partial charge in [0.2, 0.25) is 10.0 Å². The first-order valence-corrected chi connectivity index (χ1v) is 13.6. The zero-order valence-electron chi connectivity index (χ0n) is 20.1. The number of nitrogens with one attached hydrogen (secondary N) is 1. The van der Waals surface area contributed by atoms with Crippen molar-refractivity contribution in [3.05, 3.63) is 64.5 Å². The number of aromatic nitrogens is 5. The van der Waals surface area contributed by atoms with Gasteiger partial charge in [0.1, 0.15) is 23.3 Å². The minimum absolute atomic E-state index is 0.291. The van der Waals surface area contributed by atoms with Gasteiger partial charge in [-0.1, -0.05) is 17.7 Å². The normalized spacial score (nSPS) is 15.1. The third-order valence-electron chi connectivity index (χ3n) is 6.24. The second kappa shape index (κ2) is 9.34. The van der Waals surface area contributed by atoms with Gasteiger partial charge in [0.25, 0.3) is 0 Å². The highest BCUT2D eigenvalue weighted by atomic mass is 35.5. The van der Waals surface area contributed by atoms with Gasteiger partial charge >= 0.3 is 0 Å². The van der Waals surface area contributed by atoms with Crippen LogP contribution in [0.4, 0.5) is 21.8 Å². The van der Waals surface area contributed by atoms with E-state index in [0.29, 0.717) is 60.5 Å². The summed E-state index contributed by atoms with van der Waals surface area (Å²) in [7, 11) is -1.39. The molecule has 0 radical (unpaired) electrons. The molecule has 4 heterocycles. The van der Waals surface area contributed by atoms with Gasteiger partial charge in [-0.25, -0.2) is 22.8 Å². The summed E-state index contributed by atoms with van der Waals surface area (Å²) in [4.78, 5) is 11.2. The lowest BCUT2D eigenvalue weighted by Crippen LogP contribution is -2.48. The molecule has 1 N–H and O–H groups in total. The van der Waals surface area contributed by atoms with Crippen molar-refractivity contribution in [2.24, 2.45) is 7.05 Å². The second-order valence-corrected chi connectivity index (χ2v) is 11.3. The summed E-state index contributed by atoms with van der Waals surface area (Å²) in [6.07, 6.45) is 5.03. The largest absolute Gasteiger partial charge is 0.354 e. The minimum Gasteiger partial charge on any atom is -0.354 e. The van der Waals surface area contributed by atoms with Crippen molar-refractivity contribution in [2.45, 2.75) is 13.3 Å². The molecule has 0 saturated carbocycles. The molecule has 1 aliphatic heterocycles. The van der Waals surface area contributed by atoms with Crippen LogP contribution in [0.2, 0.25) is 5.02 Å². The maximum Gasteiger partial charge on any atom is 0.211 e. The minimum atomic E-state index is -3.26. The fourth-order valence-electron chi connectivity index (χ4n) is 4.36. The van der Waals surface area contributed by atoms with Crippen LogP contribution in [0.1, 0.15) is 16.8 Å². The Morgan fingerprint density at radius 1 is 1.14 bits per heavy atom. The van der Waals surface area contributed by atoms with Crippen LogP contribution in [0, 0.1) is 12.7 Å². The average Bonchev–Trinajstić information content (AvgIpc) is 3.37. The van der Waals surface area contributed by atoms with Crippen LogP contribution < -0.4 is 10.2 Å². The van der Waals surface area contributed by atoms with E-state index >= 15 is 0 Å². The summed E-state index contributed by atoms with van der Waals surface area (Å²) in [5.74, 6) is 1.56. The van der Waals surface area contributed by atoms with Crippen molar-refractivity contribution >= 4 is 44.7 Å². The number of nitrogens with zero attached hydrogens (tertiary/aromatic N) is 7. The Morgan fingerprint density at radius 3 is 2.53 bits per heavy atom. The molecule has 0 aliphatic carbocycles. The Balaban J connectivity index is 1.57. The molecule has 190 valence electrons. The topological polar surface area (TPSA) is 101 Å². The van der Waals surface area contributed by atoms with E-state index in [-0.39, 0.29) is 5.82 Å². The fraction of sp³-hybridized carbons (Fsp3) is 0.348. The molecule has 1 fully saturated rings. The molecule has 0 unspecified atom stereocenters. The van der Waals surface area contributed by atoms with Gasteiger partial charge in [0.05, 0.1) is 18.3 Å². The van der Waals surface area contributed by atoms with Gasteiger partial charge in [-0.15, -0.1) is 0 Å². The first-order valence-electron chi connectivity index (χ1n) is 11.4. The van der Waals surface area contributed by atoms with Gasteiger partial charge in [-0.05, 0) is 24.6 Å². The molecule has 1 aromatic carbocycles. The predicted molar refractivity (Wildman–Crippen MR) is 137 cm³/mol. The lowest BCUT2D eigenvalue weighted by Gasteiger charge is -2.34. The number of benzene rings is 1. The van der Waals surface area contributed by atoms with Crippen LogP contribution >= 0.6 is 11.6 Å². The van der Waals surface area contributed by atoms with Gasteiger partial charge < -0.3 is 14.8 Å². The van der Waals surface area contributed by atoms with Crippen molar-refractivity contribution in [1.82, 2.24) is 28.5 Å². The van der Waals surface area contributed by atoms with E-state index in [4.69, 9.17) is 21.7 Å². The molecule has 0 spiro atoms. The number of anilines is 3. The molecular formula is C23H26ClFN8O2S. The molecule has 0 atom stereocenters. The highest BCUT2D eigenvalue weighted by molar-refractivity contribution is 7.88. The summed E-state index contributed by atoms with van der Waals surface area (Å²) < 4.78 is 43.7. The van der Waals surface area contributed by atoms with Crippen LogP contribution in [0.3, 0.4) is 0 Å². The number of hydrogen-bond acceptors (Lipinski definition) is 7. The third kappa shape index (κ3) is 4.88. The third-order valence-corrected chi connectivity index (χ3v) is 7.78. The summed E-state index contributed by atoms with van der Waals surface area (Å²) >= 11 is 5.94. The van der Waals surface area contributed by atoms with Crippen molar-refractivity contribution in [3.63, 3.8) is 0 Å². The predicted octanol–water partition coefficient (Wildman–Crippen LogP) is 2.98. The molecule has 36 heavy (non-hydrogen) atoms. The second-order valence-electron chi connectivity index (χ2n) is 8.91. The number of piperazine rings is 1. The SMILES string of the molecule is Cc1nn2c(N3CCN(S(C)(=O)=O)CC3)cc(Nc3cn(C)cn3)nc2c1Cc1ccc(Cl)cc1F. The molecule has 0 bridgehead atoms. The monoisotopic (exact) mass is 532 g/mol. The Morgan fingerprint density at radius 2 is 1.89 bits per heavy atom. The van der Waals surface area contributed by atoms with Crippen LogP contribution in [-0.2, 0) is 23.5 Å². The maximum atomic E-state index is 14.6. The standard InChI is InChI=1S/C23H26ClFN8O2S/c1-15-18(10-16-4-5-17(24)11-19(16)25)23-28-20(27-21-13-30(2)14-26-21)12-22(33(23)29-15)31-6-8-32(9-7-31)36(3,34)35/h4-5,11-14H,6-10H2,1-3H3,(H,27,28). The van der Waals surface area contributed by atoms with E-state index in [1.165, 1.54) is 16.6 Å². The summed E-state index contributed by atoms with van der Waals surface area (Å²) in [5, 5.41) is 8.31. The zero-order chi connectivity index (χ0) is 25.6. The molecule has 0 amide bonds. The van der Waals surface area contributed by atoms with Crippen LogP contribution in [0.25, 0.3) is 5.65 Å². The lowest BCUT2D eigenvalue weighted by atomic mass is 10.0. The van der Waals surface area contributed by atoms with Gasteiger partial charge in [0.15, 0.2) is 5.65 Å². The molecule has 1 saturated heterocycles. The van der Waals surface area contributed by atoms with E-state index in [1.807, 2.05) is 30.8 Å². The van der Waals surface area contributed by atoms with E-state index in [1.54, 1.807) is 23.0 Å². The summed E-state index contributed by atoms with van der Waals surface area (Å²) in [6, 6.07) is 6.50. The number of sulfonamides is 1. The zero-order valence-corrected chi connectivity index (χ0v) is 21.7. The number of fused-ring (bicyclic) bond motifs is 1. The molecular weight excluding hydrogens is 507 g/mol. The molecule has 13 heteroatoms. The Kier molecular flexibility index (Phi) is 6.35. The molecule has 10 nitrogen and oxygen atoms in total. The lowest BCUT2D eigenvalue weighted by molar-refractivity contribution is 0.386. The number of hydrogen-bond donors (Lipinski definition) is 1. The smallest absolute Gasteiger partial charge is 0.211 e. The number of halogens is 2. The Labute approximate surface area is 213 Å². The molecule has 1 aliphatic rings. The molecule has 4 aromatic rings. The van der Waals surface area contributed by atoms with Gasteiger partial charge in [-0.3, -0.25) is 0 Å². The number of aryl methyl sites for hydroxylation is 2. The number of imidazole rings is 1. The van der Waals surface area contributed by atoms with E-state index < -0.39 is 10.0 Å². The van der Waals surface area contributed by atoms with Crippen LogP contribution in [0.5, 0.6) is 0 Å². The summed E-state index contributed by atoms with van der Waals surface area (Å²) in [6.45, 7) is 3.60. The highest BCUT2D eigenvalue weighted by Gasteiger charge is 2.26. The average molecular weight is 533 g/mol. The quantitative estimate of drug-likeness (QED) is 0.407. The first-order chi connectivity index (χ1) is 17.1. The molecule has 5 rings (SSSR count). The fourth-order valence-corrected chi connectivity index (χ4v) is 5.35.